The Morgan fingerprint density at radius 2 is 1.77 bits per heavy atom. The molecule has 13 heavy (non-hydrogen) atoms. The minimum atomic E-state index is 0.346. The summed E-state index contributed by atoms with van der Waals surface area (Å²) in [4.78, 5) is 2.56. The molecule has 0 amide bonds. The summed E-state index contributed by atoms with van der Waals surface area (Å²) >= 11 is 1.97. The first kappa shape index (κ1) is 11.3. The van der Waals surface area contributed by atoms with Crippen LogP contribution in [-0.2, 0) is 0 Å². The van der Waals surface area contributed by atoms with E-state index in [0.29, 0.717) is 6.61 Å². The lowest BCUT2D eigenvalue weighted by molar-refractivity contribution is 0.296. The van der Waals surface area contributed by atoms with Gasteiger partial charge in [0.05, 0.1) is 0 Å². The Hall–Kier alpha value is 0.270. The fourth-order valence-corrected chi connectivity index (χ4v) is 2.54. The Morgan fingerprint density at radius 3 is 2.46 bits per heavy atom. The van der Waals surface area contributed by atoms with Gasteiger partial charge in [0.2, 0.25) is 0 Å². The highest BCUT2D eigenvalue weighted by molar-refractivity contribution is 7.99. The maximum atomic E-state index is 8.57. The van der Waals surface area contributed by atoms with Crippen LogP contribution in [0.2, 0.25) is 0 Å². The number of rotatable bonds is 7. The van der Waals surface area contributed by atoms with Crippen LogP contribution in [0.3, 0.4) is 0 Å². The van der Waals surface area contributed by atoms with E-state index in [0.717, 1.165) is 12.2 Å². The summed E-state index contributed by atoms with van der Waals surface area (Å²) in [7, 11) is 0. The first-order valence-electron chi connectivity index (χ1n) is 5.34. The molecular weight excluding hydrogens is 182 g/mol. The van der Waals surface area contributed by atoms with E-state index >= 15 is 0 Å². The summed E-state index contributed by atoms with van der Waals surface area (Å²) in [5, 5.41) is 8.57. The molecule has 0 spiro atoms. The van der Waals surface area contributed by atoms with E-state index in [-0.39, 0.29) is 0 Å². The average molecular weight is 203 g/mol. The maximum absolute atomic E-state index is 8.57. The minimum absolute atomic E-state index is 0.346. The zero-order valence-corrected chi connectivity index (χ0v) is 9.19. The fraction of sp³-hybridized carbons (Fsp3) is 1.00. The average Bonchev–Trinajstić information content (AvgIpc) is 2.63. The molecule has 0 aromatic carbocycles. The van der Waals surface area contributed by atoms with Gasteiger partial charge in [-0.05, 0) is 56.8 Å². The molecule has 1 N–H and O–H groups in total. The van der Waals surface area contributed by atoms with Crippen LogP contribution in [0, 0.1) is 0 Å². The number of aliphatic hydroxyl groups excluding tert-OH is 1. The number of thioether (sulfide) groups is 1. The van der Waals surface area contributed by atoms with Crippen LogP contribution in [0.1, 0.15) is 25.7 Å². The van der Waals surface area contributed by atoms with E-state index in [2.05, 4.69) is 4.90 Å². The molecule has 78 valence electrons. The molecule has 1 fully saturated rings. The van der Waals surface area contributed by atoms with E-state index in [1.165, 1.54) is 44.6 Å². The van der Waals surface area contributed by atoms with Gasteiger partial charge in [0.15, 0.2) is 0 Å². The number of hydrogen-bond donors (Lipinski definition) is 1. The normalized spacial score (nSPS) is 18.2. The highest BCUT2D eigenvalue weighted by atomic mass is 32.2. The second-order valence-corrected chi connectivity index (χ2v) is 4.82. The van der Waals surface area contributed by atoms with Crippen molar-refractivity contribution in [1.29, 1.82) is 0 Å². The Labute approximate surface area is 85.7 Å². The second-order valence-electron chi connectivity index (χ2n) is 3.59. The van der Waals surface area contributed by atoms with Crippen LogP contribution < -0.4 is 0 Å². The van der Waals surface area contributed by atoms with Crippen molar-refractivity contribution >= 4 is 11.8 Å². The maximum Gasteiger partial charge on any atom is 0.0438 e. The van der Waals surface area contributed by atoms with Crippen LogP contribution in [0.5, 0.6) is 0 Å². The minimum Gasteiger partial charge on any atom is -0.396 e. The summed E-state index contributed by atoms with van der Waals surface area (Å²) in [5.41, 5.74) is 0. The lowest BCUT2D eigenvalue weighted by Crippen LogP contribution is -2.20. The molecule has 0 aromatic heterocycles. The van der Waals surface area contributed by atoms with Gasteiger partial charge in [0.1, 0.15) is 0 Å². The topological polar surface area (TPSA) is 23.5 Å². The quantitative estimate of drug-likeness (QED) is 0.636. The predicted octanol–water partition coefficient (Wildman–Crippen LogP) is 1.59. The molecule has 0 atom stereocenters. The summed E-state index contributed by atoms with van der Waals surface area (Å²) < 4.78 is 0. The van der Waals surface area contributed by atoms with Crippen molar-refractivity contribution in [2.45, 2.75) is 25.7 Å². The number of nitrogens with zero attached hydrogens (tertiary/aromatic N) is 1. The third-order valence-corrected chi connectivity index (χ3v) is 3.56. The molecule has 0 aromatic rings. The van der Waals surface area contributed by atoms with E-state index in [1.807, 2.05) is 11.8 Å². The van der Waals surface area contributed by atoms with Gasteiger partial charge < -0.3 is 10.0 Å². The number of likely N-dealkylation sites (tertiary alicyclic amines) is 1. The Morgan fingerprint density at radius 1 is 1.08 bits per heavy atom. The van der Waals surface area contributed by atoms with Crippen molar-refractivity contribution in [2.75, 3.05) is 37.7 Å². The molecule has 0 bridgehead atoms. The Balaban J connectivity index is 1.78. The molecule has 1 saturated heterocycles. The van der Waals surface area contributed by atoms with Crippen molar-refractivity contribution in [1.82, 2.24) is 4.90 Å². The van der Waals surface area contributed by atoms with Gasteiger partial charge in [0, 0.05) is 6.61 Å². The molecule has 0 aliphatic carbocycles. The lowest BCUT2D eigenvalue weighted by atomic mass is 10.4. The van der Waals surface area contributed by atoms with Gasteiger partial charge in [-0.15, -0.1) is 0 Å². The molecule has 1 aliphatic heterocycles. The first-order valence-corrected chi connectivity index (χ1v) is 6.50. The molecule has 1 rings (SSSR count). The molecule has 1 heterocycles. The van der Waals surface area contributed by atoms with Gasteiger partial charge in [-0.2, -0.15) is 11.8 Å². The zero-order chi connectivity index (χ0) is 9.36. The first-order chi connectivity index (χ1) is 6.43. The fourth-order valence-electron chi connectivity index (χ4n) is 1.67. The Kier molecular flexibility index (Phi) is 6.68. The summed E-state index contributed by atoms with van der Waals surface area (Å²) in [5.74, 6) is 2.38. The highest BCUT2D eigenvalue weighted by Gasteiger charge is 2.09. The Bertz CT molecular complexity index is 115. The standard InChI is InChI=1S/C10H21NOS/c12-8-4-10-13-9-3-7-11-5-1-2-6-11/h12H,1-10H2. The third kappa shape index (κ3) is 5.55. The summed E-state index contributed by atoms with van der Waals surface area (Å²) in [6.45, 7) is 4.27. The molecular formula is C10H21NOS. The van der Waals surface area contributed by atoms with Crippen LogP contribution in [-0.4, -0.2) is 47.8 Å². The molecule has 0 saturated carbocycles. The summed E-state index contributed by atoms with van der Waals surface area (Å²) in [6.07, 6.45) is 5.07. The SMILES string of the molecule is OCCCSCCCN1CCCC1. The molecule has 0 unspecified atom stereocenters. The molecule has 1 aliphatic rings. The largest absolute Gasteiger partial charge is 0.396 e. The molecule has 2 nitrogen and oxygen atoms in total. The monoisotopic (exact) mass is 203 g/mol. The van der Waals surface area contributed by atoms with Crippen molar-refractivity contribution in [2.24, 2.45) is 0 Å². The number of aliphatic hydroxyl groups is 1. The van der Waals surface area contributed by atoms with Crippen LogP contribution in [0.4, 0.5) is 0 Å². The van der Waals surface area contributed by atoms with Gasteiger partial charge >= 0.3 is 0 Å². The van der Waals surface area contributed by atoms with Crippen molar-refractivity contribution in [3.63, 3.8) is 0 Å². The van der Waals surface area contributed by atoms with E-state index in [1.54, 1.807) is 0 Å². The van der Waals surface area contributed by atoms with Crippen LogP contribution >= 0.6 is 11.8 Å². The number of hydrogen-bond acceptors (Lipinski definition) is 3. The van der Waals surface area contributed by atoms with E-state index < -0.39 is 0 Å². The van der Waals surface area contributed by atoms with Gasteiger partial charge in [-0.1, -0.05) is 0 Å². The zero-order valence-electron chi connectivity index (χ0n) is 8.37. The second kappa shape index (κ2) is 7.65. The smallest absolute Gasteiger partial charge is 0.0438 e. The van der Waals surface area contributed by atoms with E-state index in [9.17, 15) is 0 Å². The van der Waals surface area contributed by atoms with Crippen molar-refractivity contribution < 1.29 is 5.11 Å². The van der Waals surface area contributed by atoms with Crippen molar-refractivity contribution in [3.05, 3.63) is 0 Å². The van der Waals surface area contributed by atoms with Crippen LogP contribution in [0.15, 0.2) is 0 Å². The predicted molar refractivity (Wildman–Crippen MR) is 59.3 cm³/mol. The highest BCUT2D eigenvalue weighted by Crippen LogP contribution is 2.10. The van der Waals surface area contributed by atoms with Gasteiger partial charge in [0.25, 0.3) is 0 Å². The molecule has 3 heteroatoms. The third-order valence-electron chi connectivity index (χ3n) is 2.41. The van der Waals surface area contributed by atoms with Crippen molar-refractivity contribution in [3.8, 4) is 0 Å². The molecule has 0 radical (unpaired) electrons. The van der Waals surface area contributed by atoms with Gasteiger partial charge in [-0.3, -0.25) is 0 Å². The lowest BCUT2D eigenvalue weighted by Gasteiger charge is -2.13. The summed E-state index contributed by atoms with van der Waals surface area (Å²) in [6, 6.07) is 0. The van der Waals surface area contributed by atoms with E-state index in [4.69, 9.17) is 5.11 Å². The van der Waals surface area contributed by atoms with Gasteiger partial charge in [-0.25, -0.2) is 0 Å². The van der Waals surface area contributed by atoms with Crippen LogP contribution in [0.25, 0.3) is 0 Å².